The van der Waals surface area contributed by atoms with Gasteiger partial charge < -0.3 is 9.88 Å². The summed E-state index contributed by atoms with van der Waals surface area (Å²) in [4.78, 5) is 15.5. The molecule has 0 saturated carbocycles. The number of hydrogen-bond acceptors (Lipinski definition) is 7. The fourth-order valence-electron chi connectivity index (χ4n) is 4.59. The topological polar surface area (TPSA) is 83.6 Å². The van der Waals surface area contributed by atoms with Crippen molar-refractivity contribution >= 4 is 45.3 Å². The summed E-state index contributed by atoms with van der Waals surface area (Å²) in [6.45, 7) is 11.8. The molecule has 3 aromatic rings. The first-order valence-electron chi connectivity index (χ1n) is 12.2. The summed E-state index contributed by atoms with van der Waals surface area (Å²) in [6, 6.07) is 4.54. The Kier molecular flexibility index (Phi) is 8.04. The van der Waals surface area contributed by atoms with Crippen molar-refractivity contribution in [2.75, 3.05) is 11.1 Å². The number of nitriles is 1. The zero-order valence-electron chi connectivity index (χ0n) is 21.1. The summed E-state index contributed by atoms with van der Waals surface area (Å²) < 4.78 is 2.06. The van der Waals surface area contributed by atoms with Gasteiger partial charge in [0.2, 0.25) is 5.91 Å². The lowest BCUT2D eigenvalue weighted by Crippen LogP contribution is -2.26. The number of carbonyl (C=O) groups is 1. The summed E-state index contributed by atoms with van der Waals surface area (Å²) in [6.07, 6.45) is 5.17. The van der Waals surface area contributed by atoms with Crippen LogP contribution in [0.2, 0.25) is 0 Å². The molecule has 1 amide bonds. The molecule has 35 heavy (non-hydrogen) atoms. The van der Waals surface area contributed by atoms with E-state index in [0.717, 1.165) is 60.8 Å². The van der Waals surface area contributed by atoms with Gasteiger partial charge in [-0.1, -0.05) is 45.9 Å². The van der Waals surface area contributed by atoms with Crippen LogP contribution in [0, 0.1) is 22.7 Å². The minimum Gasteiger partial charge on any atom is -0.316 e. The Labute approximate surface area is 220 Å². The molecular weight excluding hydrogens is 495 g/mol. The van der Waals surface area contributed by atoms with Crippen molar-refractivity contribution in [1.29, 1.82) is 5.26 Å². The van der Waals surface area contributed by atoms with Crippen LogP contribution in [0.15, 0.2) is 16.6 Å². The van der Waals surface area contributed by atoms with Crippen molar-refractivity contribution in [3.63, 3.8) is 0 Å². The summed E-state index contributed by atoms with van der Waals surface area (Å²) in [5.74, 6) is 1.54. The van der Waals surface area contributed by atoms with Crippen molar-refractivity contribution in [3.05, 3.63) is 32.3 Å². The molecule has 0 saturated heterocycles. The number of fused-ring (bicyclic) bond motifs is 1. The van der Waals surface area contributed by atoms with Gasteiger partial charge in [-0.2, -0.15) is 5.26 Å². The van der Waals surface area contributed by atoms with E-state index in [1.807, 2.05) is 0 Å². The Bertz CT molecular complexity index is 1240. The molecule has 1 N–H and O–H groups in total. The van der Waals surface area contributed by atoms with Crippen molar-refractivity contribution in [2.24, 2.45) is 11.3 Å². The van der Waals surface area contributed by atoms with E-state index in [1.54, 1.807) is 22.7 Å². The van der Waals surface area contributed by atoms with Gasteiger partial charge in [0.05, 0.1) is 11.3 Å². The maximum absolute atomic E-state index is 12.9. The molecule has 6 nitrogen and oxygen atoms in total. The second-order valence-corrected chi connectivity index (χ2v) is 13.1. The average molecular weight is 528 g/mol. The van der Waals surface area contributed by atoms with E-state index in [-0.39, 0.29) is 17.1 Å². The number of aryl methyl sites for hydroxylation is 1. The molecule has 0 radical (unpaired) electrons. The van der Waals surface area contributed by atoms with Crippen molar-refractivity contribution in [3.8, 4) is 17.5 Å². The highest BCUT2D eigenvalue weighted by atomic mass is 32.2. The van der Waals surface area contributed by atoms with Crippen LogP contribution >= 0.6 is 34.4 Å². The van der Waals surface area contributed by atoms with Gasteiger partial charge in [0.25, 0.3) is 0 Å². The van der Waals surface area contributed by atoms with E-state index in [9.17, 15) is 10.1 Å². The molecule has 1 unspecified atom stereocenters. The highest BCUT2D eigenvalue weighted by Crippen LogP contribution is 2.44. The van der Waals surface area contributed by atoms with E-state index in [4.69, 9.17) is 0 Å². The average Bonchev–Trinajstić information content (AvgIpc) is 3.52. The van der Waals surface area contributed by atoms with Crippen LogP contribution in [0.1, 0.15) is 68.3 Å². The molecule has 3 heterocycles. The maximum Gasteiger partial charge on any atom is 0.235 e. The molecule has 186 valence electrons. The number of rotatable bonds is 8. The minimum atomic E-state index is -0.120. The first kappa shape index (κ1) is 25.9. The van der Waals surface area contributed by atoms with Gasteiger partial charge >= 0.3 is 0 Å². The number of thiophene rings is 2. The summed E-state index contributed by atoms with van der Waals surface area (Å²) in [7, 11) is 0. The molecule has 1 aliphatic carbocycles. The van der Waals surface area contributed by atoms with E-state index >= 15 is 0 Å². The lowest BCUT2D eigenvalue weighted by molar-refractivity contribution is -0.113. The fourth-order valence-corrected chi connectivity index (χ4v) is 7.66. The van der Waals surface area contributed by atoms with Gasteiger partial charge in [-0.3, -0.25) is 4.79 Å². The van der Waals surface area contributed by atoms with E-state index in [1.165, 1.54) is 21.5 Å². The van der Waals surface area contributed by atoms with E-state index in [0.29, 0.717) is 16.5 Å². The SMILES string of the molecule is CCCc1cc(-c2nnc(SCC(=O)Nc3sc4c(c3C#N)CCC(C(C)(C)C)C4)n2CC)cs1. The van der Waals surface area contributed by atoms with Crippen molar-refractivity contribution < 1.29 is 4.79 Å². The second kappa shape index (κ2) is 10.9. The smallest absolute Gasteiger partial charge is 0.235 e. The fraction of sp³-hybridized carbons (Fsp3) is 0.538. The summed E-state index contributed by atoms with van der Waals surface area (Å²) >= 11 is 4.72. The van der Waals surface area contributed by atoms with Gasteiger partial charge in [0, 0.05) is 27.2 Å². The van der Waals surface area contributed by atoms with E-state index in [2.05, 4.69) is 72.2 Å². The number of nitrogens with zero attached hydrogens (tertiary/aromatic N) is 4. The number of thioether (sulfide) groups is 1. The number of hydrogen-bond donors (Lipinski definition) is 1. The molecule has 9 heteroatoms. The normalized spacial score (nSPS) is 15.6. The number of amides is 1. The number of carbonyl (C=O) groups excluding carboxylic acids is 1. The highest BCUT2D eigenvalue weighted by Gasteiger charge is 2.32. The Morgan fingerprint density at radius 3 is 2.83 bits per heavy atom. The molecular formula is C26H33N5OS3. The van der Waals surface area contributed by atoms with Gasteiger partial charge in [-0.05, 0) is 55.6 Å². The van der Waals surface area contributed by atoms with Crippen molar-refractivity contribution in [1.82, 2.24) is 14.8 Å². The molecule has 4 rings (SSSR count). The van der Waals surface area contributed by atoms with Crippen LogP contribution in [0.5, 0.6) is 0 Å². The second-order valence-electron chi connectivity index (χ2n) is 10.1. The Morgan fingerprint density at radius 1 is 1.34 bits per heavy atom. The van der Waals surface area contributed by atoms with Crippen LogP contribution in [0.4, 0.5) is 5.00 Å². The standard InChI is InChI=1S/C26H33N5OS3/c1-6-8-18-11-16(14-33-18)23-29-30-25(31(23)7-2)34-15-22(32)28-24-20(13-27)19-10-9-17(26(3,4)5)12-21(19)35-24/h11,14,17H,6-10,12,15H2,1-5H3,(H,28,32). The predicted octanol–water partition coefficient (Wildman–Crippen LogP) is 6.79. The Balaban J connectivity index is 1.43. The summed E-state index contributed by atoms with van der Waals surface area (Å²) in [5, 5.41) is 25.2. The van der Waals surface area contributed by atoms with Crippen LogP contribution in [0.3, 0.4) is 0 Å². The van der Waals surface area contributed by atoms with E-state index < -0.39 is 0 Å². The first-order chi connectivity index (χ1) is 16.7. The number of anilines is 1. The van der Waals surface area contributed by atoms with Crippen LogP contribution in [0.25, 0.3) is 11.4 Å². The molecule has 0 aromatic carbocycles. The molecule has 3 aromatic heterocycles. The number of nitrogens with one attached hydrogen (secondary N) is 1. The zero-order valence-corrected chi connectivity index (χ0v) is 23.6. The Morgan fingerprint density at radius 2 is 2.14 bits per heavy atom. The first-order valence-corrected chi connectivity index (χ1v) is 14.9. The number of aromatic nitrogens is 3. The largest absolute Gasteiger partial charge is 0.316 e. The van der Waals surface area contributed by atoms with Gasteiger partial charge in [0.15, 0.2) is 11.0 Å². The van der Waals surface area contributed by atoms with Crippen LogP contribution in [-0.4, -0.2) is 26.4 Å². The monoisotopic (exact) mass is 527 g/mol. The maximum atomic E-state index is 12.9. The molecule has 0 aliphatic heterocycles. The van der Waals surface area contributed by atoms with Crippen molar-refractivity contribution in [2.45, 2.75) is 78.4 Å². The molecule has 1 atom stereocenters. The lowest BCUT2D eigenvalue weighted by atomic mass is 9.72. The molecule has 0 bridgehead atoms. The quantitative estimate of drug-likeness (QED) is 0.326. The van der Waals surface area contributed by atoms with Crippen LogP contribution < -0.4 is 5.32 Å². The third-order valence-corrected chi connectivity index (χ3v) is 9.76. The highest BCUT2D eigenvalue weighted by molar-refractivity contribution is 7.99. The third-order valence-electron chi connectivity index (χ3n) is 6.63. The summed E-state index contributed by atoms with van der Waals surface area (Å²) in [5.41, 5.74) is 3.11. The lowest BCUT2D eigenvalue weighted by Gasteiger charge is -2.33. The van der Waals surface area contributed by atoms with Crippen LogP contribution in [-0.2, 0) is 30.6 Å². The van der Waals surface area contributed by atoms with Gasteiger partial charge in [-0.25, -0.2) is 0 Å². The molecule has 0 fully saturated rings. The third kappa shape index (κ3) is 5.65. The predicted molar refractivity (Wildman–Crippen MR) is 146 cm³/mol. The molecule has 1 aliphatic rings. The van der Waals surface area contributed by atoms with Gasteiger partial charge in [0.1, 0.15) is 11.1 Å². The Hall–Kier alpha value is -2.15. The molecule has 0 spiro atoms. The van der Waals surface area contributed by atoms with Gasteiger partial charge in [-0.15, -0.1) is 32.9 Å². The zero-order chi connectivity index (χ0) is 25.2. The minimum absolute atomic E-state index is 0.120.